The predicted molar refractivity (Wildman–Crippen MR) is 74.0 cm³/mol. The average molecular weight is 374 g/mol. The summed E-state index contributed by atoms with van der Waals surface area (Å²) in [4.78, 5) is 15.4. The van der Waals surface area contributed by atoms with E-state index in [0.717, 1.165) is 8.95 Å². The van der Waals surface area contributed by atoms with Crippen LogP contribution in [0.2, 0.25) is 0 Å². The molecular formula is C12H7Br2FN2O. The number of aromatic nitrogens is 1. The first-order chi connectivity index (χ1) is 8.56. The molecule has 1 aromatic heterocycles. The van der Waals surface area contributed by atoms with Crippen LogP contribution in [-0.2, 0) is 0 Å². The largest absolute Gasteiger partial charge is 0.320 e. The second kappa shape index (κ2) is 5.58. The number of hydrogen-bond donors (Lipinski definition) is 1. The highest BCUT2D eigenvalue weighted by molar-refractivity contribution is 9.11. The first-order valence-electron chi connectivity index (χ1n) is 4.95. The fourth-order valence-electron chi connectivity index (χ4n) is 1.31. The van der Waals surface area contributed by atoms with Gasteiger partial charge in [-0.3, -0.25) is 4.79 Å². The average Bonchev–Trinajstić information content (AvgIpc) is 2.34. The van der Waals surface area contributed by atoms with Crippen LogP contribution in [0.3, 0.4) is 0 Å². The van der Waals surface area contributed by atoms with Crippen molar-refractivity contribution in [3.05, 3.63) is 57.0 Å². The highest BCUT2D eigenvalue weighted by Gasteiger charge is 2.10. The smallest absolute Gasteiger partial charge is 0.274 e. The minimum absolute atomic E-state index is 0.0295. The van der Waals surface area contributed by atoms with Gasteiger partial charge in [-0.2, -0.15) is 4.39 Å². The predicted octanol–water partition coefficient (Wildman–Crippen LogP) is 4.00. The Labute approximate surface area is 120 Å². The van der Waals surface area contributed by atoms with Crippen LogP contribution in [0.4, 0.5) is 10.1 Å². The van der Waals surface area contributed by atoms with Gasteiger partial charge in [0.25, 0.3) is 5.91 Å². The number of nitrogens with one attached hydrogen (secondary N) is 1. The Hall–Kier alpha value is -1.27. The number of nitrogens with zero attached hydrogens (tertiary/aromatic N) is 1. The Bertz CT molecular complexity index is 604. The molecule has 0 aliphatic rings. The molecule has 0 aliphatic heterocycles. The van der Waals surface area contributed by atoms with Gasteiger partial charge in [0.15, 0.2) is 0 Å². The van der Waals surface area contributed by atoms with E-state index in [-0.39, 0.29) is 5.69 Å². The fraction of sp³-hybridized carbons (Fsp3) is 0. The van der Waals surface area contributed by atoms with E-state index in [4.69, 9.17) is 0 Å². The van der Waals surface area contributed by atoms with Crippen LogP contribution >= 0.6 is 31.9 Å². The van der Waals surface area contributed by atoms with Gasteiger partial charge in [0.05, 0.1) is 5.69 Å². The highest BCUT2D eigenvalue weighted by Crippen LogP contribution is 2.26. The van der Waals surface area contributed by atoms with Crippen molar-refractivity contribution in [2.45, 2.75) is 0 Å². The summed E-state index contributed by atoms with van der Waals surface area (Å²) in [6.07, 6.45) is 0. The molecule has 1 aromatic carbocycles. The van der Waals surface area contributed by atoms with E-state index in [1.54, 1.807) is 12.1 Å². The number of carbonyl (C=O) groups excluding carboxylic acids is 1. The van der Waals surface area contributed by atoms with Gasteiger partial charge in [-0.15, -0.1) is 0 Å². The summed E-state index contributed by atoms with van der Waals surface area (Å²) < 4.78 is 14.5. The molecule has 1 N–H and O–H groups in total. The molecule has 3 nitrogen and oxygen atoms in total. The summed E-state index contributed by atoms with van der Waals surface area (Å²) in [6.45, 7) is 0. The van der Waals surface area contributed by atoms with Crippen LogP contribution in [0.15, 0.2) is 45.3 Å². The van der Waals surface area contributed by atoms with Crippen LogP contribution in [0.25, 0.3) is 0 Å². The maximum Gasteiger partial charge on any atom is 0.274 e. The van der Waals surface area contributed by atoms with Gasteiger partial charge in [-0.25, -0.2) is 4.98 Å². The number of amides is 1. The molecule has 0 unspecified atom stereocenters. The topological polar surface area (TPSA) is 42.0 Å². The van der Waals surface area contributed by atoms with Crippen LogP contribution in [0, 0.1) is 5.95 Å². The van der Waals surface area contributed by atoms with Crippen LogP contribution in [-0.4, -0.2) is 10.9 Å². The zero-order chi connectivity index (χ0) is 13.1. The minimum Gasteiger partial charge on any atom is -0.320 e. The number of anilines is 1. The molecule has 2 aromatic rings. The SMILES string of the molecule is O=C(Nc1cc(Br)ccc1Br)c1cccc(F)n1. The Morgan fingerprint density at radius 2 is 2.00 bits per heavy atom. The van der Waals surface area contributed by atoms with E-state index in [0.29, 0.717) is 5.69 Å². The second-order valence-corrected chi connectivity index (χ2v) is 5.19. The summed E-state index contributed by atoms with van der Waals surface area (Å²) in [5.41, 5.74) is 0.613. The van der Waals surface area contributed by atoms with Crippen LogP contribution in [0.5, 0.6) is 0 Å². The maximum absolute atomic E-state index is 12.9. The molecular weight excluding hydrogens is 367 g/mol. The molecule has 92 valence electrons. The molecule has 0 saturated carbocycles. The third-order valence-corrected chi connectivity index (χ3v) is 3.31. The molecule has 2 rings (SSSR count). The molecule has 1 heterocycles. The second-order valence-electron chi connectivity index (χ2n) is 3.42. The number of hydrogen-bond acceptors (Lipinski definition) is 2. The zero-order valence-electron chi connectivity index (χ0n) is 8.95. The Balaban J connectivity index is 2.24. The van der Waals surface area contributed by atoms with Gasteiger partial charge in [0.2, 0.25) is 5.95 Å². The molecule has 0 spiro atoms. The standard InChI is InChI=1S/C12H7Br2FN2O/c13-7-4-5-8(14)10(6-7)17-12(18)9-2-1-3-11(15)16-9/h1-6H,(H,17,18). The van der Waals surface area contributed by atoms with E-state index in [2.05, 4.69) is 42.2 Å². The van der Waals surface area contributed by atoms with Gasteiger partial charge in [-0.05, 0) is 46.3 Å². The lowest BCUT2D eigenvalue weighted by Gasteiger charge is -2.07. The van der Waals surface area contributed by atoms with Crippen molar-refractivity contribution in [3.8, 4) is 0 Å². The van der Waals surface area contributed by atoms with E-state index < -0.39 is 11.9 Å². The number of rotatable bonds is 2. The van der Waals surface area contributed by atoms with Crippen molar-refractivity contribution in [1.82, 2.24) is 4.98 Å². The Kier molecular flexibility index (Phi) is 4.08. The fourth-order valence-corrected chi connectivity index (χ4v) is 2.02. The maximum atomic E-state index is 12.9. The van der Waals surface area contributed by atoms with Gasteiger partial charge in [-0.1, -0.05) is 22.0 Å². The minimum atomic E-state index is -0.684. The van der Waals surface area contributed by atoms with Crippen LogP contribution in [0.1, 0.15) is 10.5 Å². The van der Waals surface area contributed by atoms with Crippen molar-refractivity contribution in [3.63, 3.8) is 0 Å². The third-order valence-electron chi connectivity index (χ3n) is 2.12. The van der Waals surface area contributed by atoms with Gasteiger partial charge >= 0.3 is 0 Å². The third kappa shape index (κ3) is 3.14. The first kappa shape index (κ1) is 13.2. The molecule has 0 bridgehead atoms. The van der Waals surface area contributed by atoms with Gasteiger partial charge in [0.1, 0.15) is 5.69 Å². The van der Waals surface area contributed by atoms with Gasteiger partial charge in [0, 0.05) is 8.95 Å². The monoisotopic (exact) mass is 372 g/mol. The summed E-state index contributed by atoms with van der Waals surface area (Å²) in [6, 6.07) is 9.43. The lowest BCUT2D eigenvalue weighted by atomic mass is 10.3. The number of carbonyl (C=O) groups is 1. The summed E-state index contributed by atoms with van der Waals surface area (Å²) in [7, 11) is 0. The van der Waals surface area contributed by atoms with Crippen molar-refractivity contribution in [2.75, 3.05) is 5.32 Å². The molecule has 0 radical (unpaired) electrons. The normalized spacial score (nSPS) is 10.2. The number of benzene rings is 1. The van der Waals surface area contributed by atoms with Crippen molar-refractivity contribution >= 4 is 43.5 Å². The van der Waals surface area contributed by atoms with E-state index in [1.807, 2.05) is 6.07 Å². The van der Waals surface area contributed by atoms with Crippen molar-refractivity contribution in [2.24, 2.45) is 0 Å². The molecule has 0 atom stereocenters. The quantitative estimate of drug-likeness (QED) is 0.808. The molecule has 0 aliphatic carbocycles. The Morgan fingerprint density at radius 3 is 2.72 bits per heavy atom. The zero-order valence-corrected chi connectivity index (χ0v) is 12.1. The molecule has 6 heteroatoms. The van der Waals surface area contributed by atoms with E-state index >= 15 is 0 Å². The van der Waals surface area contributed by atoms with Gasteiger partial charge < -0.3 is 5.32 Å². The number of pyridine rings is 1. The lowest BCUT2D eigenvalue weighted by Crippen LogP contribution is -2.14. The van der Waals surface area contributed by atoms with Crippen molar-refractivity contribution < 1.29 is 9.18 Å². The molecule has 0 fully saturated rings. The Morgan fingerprint density at radius 1 is 1.22 bits per heavy atom. The highest BCUT2D eigenvalue weighted by atomic mass is 79.9. The molecule has 1 amide bonds. The van der Waals surface area contributed by atoms with E-state index in [1.165, 1.54) is 18.2 Å². The van der Waals surface area contributed by atoms with E-state index in [9.17, 15) is 9.18 Å². The van der Waals surface area contributed by atoms with Crippen molar-refractivity contribution in [1.29, 1.82) is 0 Å². The summed E-state index contributed by atoms with van der Waals surface area (Å²) in [5, 5.41) is 2.65. The summed E-state index contributed by atoms with van der Waals surface area (Å²) in [5.74, 6) is -1.15. The lowest BCUT2D eigenvalue weighted by molar-refractivity contribution is 0.102. The summed E-state index contributed by atoms with van der Waals surface area (Å²) >= 11 is 6.62. The molecule has 0 saturated heterocycles. The first-order valence-corrected chi connectivity index (χ1v) is 6.54. The molecule has 18 heavy (non-hydrogen) atoms. The number of halogens is 3. The van der Waals surface area contributed by atoms with Crippen LogP contribution < -0.4 is 5.32 Å².